The molecule has 0 saturated heterocycles. The summed E-state index contributed by atoms with van der Waals surface area (Å²) in [7, 11) is 1.10. The summed E-state index contributed by atoms with van der Waals surface area (Å²) in [5.41, 5.74) is -0.320. The van der Waals surface area contributed by atoms with E-state index in [2.05, 4.69) is 15.9 Å². The van der Waals surface area contributed by atoms with Crippen LogP contribution in [0.1, 0.15) is 10.4 Å². The molecule has 0 unspecified atom stereocenters. The zero-order chi connectivity index (χ0) is 11.8. The molecule has 0 aliphatic carbocycles. The van der Waals surface area contributed by atoms with Gasteiger partial charge in [0.25, 0.3) is 9.05 Å². The molecular formula is C7H3BrCl2O4S. The molecule has 1 aromatic carbocycles. The highest BCUT2D eigenvalue weighted by Crippen LogP contribution is 2.30. The zero-order valence-corrected chi connectivity index (χ0v) is 10.8. The minimum Gasteiger partial charge on any atom is -0.478 e. The fourth-order valence-corrected chi connectivity index (χ4v) is 3.45. The summed E-state index contributed by atoms with van der Waals surface area (Å²) < 4.78 is 22.2. The molecule has 0 bridgehead atoms. The predicted octanol–water partition coefficient (Wildman–Crippen LogP) is 2.73. The fourth-order valence-electron chi connectivity index (χ4n) is 0.880. The van der Waals surface area contributed by atoms with Crippen molar-refractivity contribution in [2.45, 2.75) is 4.90 Å². The lowest BCUT2D eigenvalue weighted by Crippen LogP contribution is -2.01. The highest BCUT2D eigenvalue weighted by molar-refractivity contribution is 9.10. The van der Waals surface area contributed by atoms with Crippen molar-refractivity contribution in [1.29, 1.82) is 0 Å². The third kappa shape index (κ3) is 2.84. The lowest BCUT2D eigenvalue weighted by Gasteiger charge is -2.04. The highest BCUT2D eigenvalue weighted by Gasteiger charge is 2.19. The number of aromatic carboxylic acids is 1. The third-order valence-corrected chi connectivity index (χ3v) is 4.11. The van der Waals surface area contributed by atoms with Gasteiger partial charge in [-0.3, -0.25) is 0 Å². The van der Waals surface area contributed by atoms with Crippen molar-refractivity contribution in [1.82, 2.24) is 0 Å². The molecule has 0 saturated carbocycles. The van der Waals surface area contributed by atoms with Crippen LogP contribution in [0.25, 0.3) is 0 Å². The molecule has 4 nitrogen and oxygen atoms in total. The van der Waals surface area contributed by atoms with Crippen molar-refractivity contribution in [3.63, 3.8) is 0 Å². The van der Waals surface area contributed by atoms with E-state index in [-0.39, 0.29) is 20.0 Å². The van der Waals surface area contributed by atoms with Gasteiger partial charge in [0.2, 0.25) is 0 Å². The Morgan fingerprint density at radius 1 is 1.40 bits per heavy atom. The Labute approximate surface area is 103 Å². The molecule has 0 fully saturated rings. The van der Waals surface area contributed by atoms with Crippen molar-refractivity contribution < 1.29 is 18.3 Å². The van der Waals surface area contributed by atoms with Crippen LogP contribution in [-0.4, -0.2) is 19.5 Å². The van der Waals surface area contributed by atoms with E-state index in [0.29, 0.717) is 0 Å². The molecule has 0 atom stereocenters. The maximum atomic E-state index is 11.0. The van der Waals surface area contributed by atoms with E-state index in [0.717, 1.165) is 6.07 Å². The molecular weight excluding hydrogens is 331 g/mol. The van der Waals surface area contributed by atoms with Crippen molar-refractivity contribution >= 4 is 53.2 Å². The van der Waals surface area contributed by atoms with Crippen LogP contribution in [0.5, 0.6) is 0 Å². The zero-order valence-electron chi connectivity index (χ0n) is 6.87. The predicted molar refractivity (Wildman–Crippen MR) is 59.2 cm³/mol. The Bertz CT molecular complexity index is 526. The van der Waals surface area contributed by atoms with Crippen LogP contribution in [0, 0.1) is 0 Å². The third-order valence-electron chi connectivity index (χ3n) is 1.51. The minimum atomic E-state index is -4.00. The molecule has 0 radical (unpaired) electrons. The second-order valence-corrected chi connectivity index (χ2v) is 6.30. The number of carbonyl (C=O) groups is 1. The van der Waals surface area contributed by atoms with Crippen LogP contribution in [0.3, 0.4) is 0 Å². The number of halogens is 3. The summed E-state index contributed by atoms with van der Waals surface area (Å²) in [5, 5.41) is 8.64. The van der Waals surface area contributed by atoms with Gasteiger partial charge in [-0.05, 0) is 28.1 Å². The van der Waals surface area contributed by atoms with E-state index < -0.39 is 15.0 Å². The first-order valence-electron chi connectivity index (χ1n) is 3.40. The smallest absolute Gasteiger partial charge is 0.337 e. The molecule has 82 valence electrons. The Hall–Kier alpha value is -0.300. The molecule has 0 heterocycles. The van der Waals surface area contributed by atoms with Gasteiger partial charge in [-0.2, -0.15) is 0 Å². The van der Waals surface area contributed by atoms with Gasteiger partial charge in [-0.15, -0.1) is 0 Å². The molecule has 0 spiro atoms. The van der Waals surface area contributed by atoms with Crippen LogP contribution in [0.4, 0.5) is 0 Å². The largest absolute Gasteiger partial charge is 0.478 e. The summed E-state index contributed by atoms with van der Waals surface area (Å²) >= 11 is 8.52. The Balaban J connectivity index is 3.58. The first-order valence-corrected chi connectivity index (χ1v) is 6.88. The average Bonchev–Trinajstić information content (AvgIpc) is 2.00. The normalized spacial score (nSPS) is 11.4. The maximum absolute atomic E-state index is 11.0. The number of carboxylic acids is 1. The first-order chi connectivity index (χ1) is 6.73. The second kappa shape index (κ2) is 4.29. The van der Waals surface area contributed by atoms with Crippen molar-refractivity contribution in [3.05, 3.63) is 27.2 Å². The summed E-state index contributed by atoms with van der Waals surface area (Å²) in [4.78, 5) is 10.3. The summed E-state index contributed by atoms with van der Waals surface area (Å²) in [5.74, 6) is -1.32. The lowest BCUT2D eigenvalue weighted by molar-refractivity contribution is 0.0697. The van der Waals surface area contributed by atoms with Gasteiger partial charge in [-0.1, -0.05) is 11.6 Å². The van der Waals surface area contributed by atoms with Gasteiger partial charge in [0, 0.05) is 15.2 Å². The average molecular weight is 334 g/mol. The van der Waals surface area contributed by atoms with Crippen LogP contribution in [-0.2, 0) is 9.05 Å². The topological polar surface area (TPSA) is 71.4 Å². The van der Waals surface area contributed by atoms with E-state index in [1.165, 1.54) is 6.07 Å². The van der Waals surface area contributed by atoms with Crippen LogP contribution in [0.2, 0.25) is 5.02 Å². The van der Waals surface area contributed by atoms with E-state index in [9.17, 15) is 13.2 Å². The van der Waals surface area contributed by atoms with Crippen molar-refractivity contribution in [2.24, 2.45) is 0 Å². The van der Waals surface area contributed by atoms with E-state index in [1.54, 1.807) is 0 Å². The molecule has 1 rings (SSSR count). The highest BCUT2D eigenvalue weighted by atomic mass is 79.9. The SMILES string of the molecule is O=C(O)c1cc(S(=O)(=O)Cl)c(Br)cc1Cl. The van der Waals surface area contributed by atoms with Crippen molar-refractivity contribution in [3.8, 4) is 0 Å². The summed E-state index contributed by atoms with van der Waals surface area (Å²) in [6.07, 6.45) is 0. The molecule has 1 N–H and O–H groups in total. The Morgan fingerprint density at radius 2 is 1.93 bits per heavy atom. The van der Waals surface area contributed by atoms with Crippen molar-refractivity contribution in [2.75, 3.05) is 0 Å². The van der Waals surface area contributed by atoms with Gasteiger partial charge in [-0.25, -0.2) is 13.2 Å². The molecule has 0 aliphatic rings. The maximum Gasteiger partial charge on any atom is 0.337 e. The van der Waals surface area contributed by atoms with E-state index in [1.807, 2.05) is 0 Å². The standard InChI is InChI=1S/C7H3BrCl2O4S/c8-4-2-5(9)3(7(11)12)1-6(4)15(10,13)14/h1-2H,(H,11,12). The molecule has 0 amide bonds. The number of benzene rings is 1. The quantitative estimate of drug-likeness (QED) is 0.845. The van der Waals surface area contributed by atoms with Gasteiger partial charge >= 0.3 is 5.97 Å². The minimum absolute atomic E-state index is 0.0709. The summed E-state index contributed by atoms with van der Waals surface area (Å²) in [6.45, 7) is 0. The molecule has 15 heavy (non-hydrogen) atoms. The van der Waals surface area contributed by atoms with Gasteiger partial charge in [0.1, 0.15) is 0 Å². The monoisotopic (exact) mass is 332 g/mol. The van der Waals surface area contributed by atoms with Crippen LogP contribution < -0.4 is 0 Å². The number of rotatable bonds is 2. The lowest BCUT2D eigenvalue weighted by atomic mass is 10.2. The Morgan fingerprint density at radius 3 is 2.33 bits per heavy atom. The Kier molecular flexibility index (Phi) is 3.65. The van der Waals surface area contributed by atoms with Crippen LogP contribution in [0.15, 0.2) is 21.5 Å². The fraction of sp³-hybridized carbons (Fsp3) is 0. The first kappa shape index (κ1) is 12.8. The number of carboxylic acid groups (broad SMARTS) is 1. The second-order valence-electron chi connectivity index (χ2n) is 2.51. The van der Waals surface area contributed by atoms with Gasteiger partial charge < -0.3 is 5.11 Å². The van der Waals surface area contributed by atoms with Gasteiger partial charge in [0.15, 0.2) is 0 Å². The molecule has 8 heteroatoms. The van der Waals surface area contributed by atoms with E-state index in [4.69, 9.17) is 27.4 Å². The van der Waals surface area contributed by atoms with E-state index >= 15 is 0 Å². The molecule has 0 aromatic heterocycles. The summed E-state index contributed by atoms with van der Waals surface area (Å²) in [6, 6.07) is 2.07. The van der Waals surface area contributed by atoms with Crippen LogP contribution >= 0.6 is 38.2 Å². The molecule has 0 aliphatic heterocycles. The van der Waals surface area contributed by atoms with Gasteiger partial charge in [0.05, 0.1) is 15.5 Å². The molecule has 1 aromatic rings. The number of hydrogen-bond donors (Lipinski definition) is 1. The number of hydrogen-bond acceptors (Lipinski definition) is 3.